The maximum absolute atomic E-state index is 12.6. The first-order chi connectivity index (χ1) is 14.7. The SMILES string of the molecule is Nc1ncc(C2=CCN(C(=O)c3cccnc3)CC2)nc1-c1nc2ccccc2[nH]1.[HH].[HH].[HH]. The molecule has 4 aromatic rings. The molecule has 0 atom stereocenters. The number of imidazole rings is 1. The number of nitrogens with zero attached hydrogens (tertiary/aromatic N) is 5. The highest BCUT2D eigenvalue weighted by molar-refractivity contribution is 5.94. The van der Waals surface area contributed by atoms with Crippen molar-refractivity contribution in [1.82, 2.24) is 29.8 Å². The Morgan fingerprint density at radius 1 is 1.13 bits per heavy atom. The zero-order valence-corrected chi connectivity index (χ0v) is 16.1. The number of carbonyl (C=O) groups excluding carboxylic acids is 1. The number of amides is 1. The molecule has 0 radical (unpaired) electrons. The van der Waals surface area contributed by atoms with E-state index in [-0.39, 0.29) is 10.2 Å². The fourth-order valence-corrected chi connectivity index (χ4v) is 3.55. The molecule has 0 saturated carbocycles. The smallest absolute Gasteiger partial charge is 0.255 e. The molecule has 0 fully saturated rings. The number of nitrogens with two attached hydrogens (primary N) is 1. The molecule has 0 unspecified atom stereocenters. The molecule has 3 aromatic heterocycles. The Kier molecular flexibility index (Phi) is 4.44. The number of anilines is 1. The van der Waals surface area contributed by atoms with Crippen LogP contribution in [0.4, 0.5) is 5.82 Å². The summed E-state index contributed by atoms with van der Waals surface area (Å²) in [7, 11) is 0. The normalized spacial score (nSPS) is 14.0. The molecule has 3 N–H and O–H groups in total. The van der Waals surface area contributed by atoms with Crippen molar-refractivity contribution in [3.05, 3.63) is 72.3 Å². The van der Waals surface area contributed by atoms with Crippen LogP contribution in [0.3, 0.4) is 0 Å². The summed E-state index contributed by atoms with van der Waals surface area (Å²) in [5.74, 6) is 0.889. The fourth-order valence-electron chi connectivity index (χ4n) is 3.55. The summed E-state index contributed by atoms with van der Waals surface area (Å²) < 4.78 is 0. The number of fused-ring (bicyclic) bond motifs is 1. The first-order valence-corrected chi connectivity index (χ1v) is 9.65. The summed E-state index contributed by atoms with van der Waals surface area (Å²) in [5.41, 5.74) is 10.8. The van der Waals surface area contributed by atoms with E-state index in [9.17, 15) is 4.79 Å². The Bertz CT molecular complexity index is 1240. The zero-order chi connectivity index (χ0) is 20.5. The van der Waals surface area contributed by atoms with E-state index in [1.807, 2.05) is 30.3 Å². The topological polar surface area (TPSA) is 114 Å². The van der Waals surface area contributed by atoms with Crippen LogP contribution in [0.25, 0.3) is 28.1 Å². The van der Waals surface area contributed by atoms with E-state index in [1.54, 1.807) is 35.6 Å². The second-order valence-corrected chi connectivity index (χ2v) is 7.06. The highest BCUT2D eigenvalue weighted by Gasteiger charge is 2.21. The lowest BCUT2D eigenvalue weighted by Gasteiger charge is -2.26. The Morgan fingerprint density at radius 2 is 2.03 bits per heavy atom. The standard InChI is InChI=1S/C22H19N7O.3H2/c23-20-19(21-27-16-5-1-2-6-17(16)28-21)26-18(13-25-20)14-7-10-29(11-8-14)22(30)15-4-3-9-24-12-15;;;/h1-7,9,12-13H,8,10-11H2,(H2,23,25)(H,27,28);3*1H. The number of pyridine rings is 1. The van der Waals surface area contributed by atoms with Crippen LogP contribution in [0.5, 0.6) is 0 Å². The highest BCUT2D eigenvalue weighted by Crippen LogP contribution is 2.27. The lowest BCUT2D eigenvalue weighted by molar-refractivity contribution is 0.0772. The van der Waals surface area contributed by atoms with Gasteiger partial charge in [-0.05, 0) is 36.3 Å². The maximum atomic E-state index is 12.6. The quantitative estimate of drug-likeness (QED) is 0.539. The average molecular weight is 403 g/mol. The molecule has 4 heterocycles. The number of aromatic nitrogens is 5. The largest absolute Gasteiger partial charge is 0.382 e. The number of aromatic amines is 1. The van der Waals surface area contributed by atoms with Crippen molar-refractivity contribution in [1.29, 1.82) is 0 Å². The Labute approximate surface area is 177 Å². The van der Waals surface area contributed by atoms with Crippen LogP contribution < -0.4 is 5.73 Å². The van der Waals surface area contributed by atoms with Gasteiger partial charge in [-0.1, -0.05) is 18.2 Å². The first kappa shape index (κ1) is 18.0. The van der Waals surface area contributed by atoms with Crippen LogP contribution in [-0.4, -0.2) is 48.8 Å². The van der Waals surface area contributed by atoms with Gasteiger partial charge in [-0.2, -0.15) is 0 Å². The van der Waals surface area contributed by atoms with Crippen LogP contribution in [0.1, 0.15) is 26.8 Å². The van der Waals surface area contributed by atoms with Crippen LogP contribution in [-0.2, 0) is 0 Å². The summed E-state index contributed by atoms with van der Waals surface area (Å²) in [5, 5.41) is 0. The van der Waals surface area contributed by atoms with Gasteiger partial charge in [0.1, 0.15) is 5.69 Å². The van der Waals surface area contributed by atoms with Gasteiger partial charge in [0.15, 0.2) is 11.6 Å². The van der Waals surface area contributed by atoms with Crippen LogP contribution in [0.2, 0.25) is 0 Å². The summed E-state index contributed by atoms with van der Waals surface area (Å²) in [6.07, 6.45) is 7.62. The van der Waals surface area contributed by atoms with E-state index in [1.165, 1.54) is 0 Å². The third-order valence-electron chi connectivity index (χ3n) is 5.15. The van der Waals surface area contributed by atoms with Gasteiger partial charge in [0.2, 0.25) is 0 Å². The summed E-state index contributed by atoms with van der Waals surface area (Å²) in [6, 6.07) is 11.3. The Morgan fingerprint density at radius 3 is 2.80 bits per heavy atom. The van der Waals surface area contributed by atoms with E-state index in [4.69, 9.17) is 10.7 Å². The van der Waals surface area contributed by atoms with Crippen molar-refractivity contribution in [2.45, 2.75) is 6.42 Å². The van der Waals surface area contributed by atoms with E-state index in [0.717, 1.165) is 22.3 Å². The molecule has 0 saturated heterocycles. The van der Waals surface area contributed by atoms with Crippen molar-refractivity contribution in [2.24, 2.45) is 0 Å². The molecule has 154 valence electrons. The van der Waals surface area contributed by atoms with Crippen molar-refractivity contribution in [2.75, 3.05) is 18.8 Å². The van der Waals surface area contributed by atoms with Crippen LogP contribution in [0, 0.1) is 0 Å². The average Bonchev–Trinajstić information content (AvgIpc) is 3.24. The van der Waals surface area contributed by atoms with Gasteiger partial charge < -0.3 is 15.6 Å². The third kappa shape index (κ3) is 3.28. The molecule has 1 aliphatic heterocycles. The van der Waals surface area contributed by atoms with Gasteiger partial charge in [0.25, 0.3) is 5.91 Å². The minimum atomic E-state index is -0.0234. The molecule has 8 nitrogen and oxygen atoms in total. The lowest BCUT2D eigenvalue weighted by atomic mass is 10.0. The number of rotatable bonds is 3. The molecular formula is C22H25N7O. The Hall–Kier alpha value is -4.07. The molecule has 30 heavy (non-hydrogen) atoms. The number of hydrogen-bond acceptors (Lipinski definition) is 6. The molecule has 5 rings (SSSR count). The van der Waals surface area contributed by atoms with Gasteiger partial charge in [-0.15, -0.1) is 0 Å². The van der Waals surface area contributed by atoms with E-state index >= 15 is 0 Å². The Balaban J connectivity index is 0.00000128. The fraction of sp³-hybridized carbons (Fsp3) is 0.136. The minimum absolute atomic E-state index is 0. The zero-order valence-electron chi connectivity index (χ0n) is 16.1. The van der Waals surface area contributed by atoms with Crippen molar-refractivity contribution < 1.29 is 9.07 Å². The number of para-hydroxylation sites is 2. The summed E-state index contributed by atoms with van der Waals surface area (Å²) >= 11 is 0. The van der Waals surface area contributed by atoms with Gasteiger partial charge >= 0.3 is 0 Å². The number of nitrogens with one attached hydrogen (secondary N) is 1. The number of H-pyrrole nitrogens is 1. The van der Waals surface area contributed by atoms with Gasteiger partial charge in [0, 0.05) is 29.8 Å². The molecular weight excluding hydrogens is 378 g/mol. The third-order valence-corrected chi connectivity index (χ3v) is 5.15. The molecule has 1 aliphatic rings. The van der Waals surface area contributed by atoms with Crippen molar-refractivity contribution in [3.63, 3.8) is 0 Å². The second-order valence-electron chi connectivity index (χ2n) is 7.06. The van der Waals surface area contributed by atoms with Crippen molar-refractivity contribution in [3.8, 4) is 11.5 Å². The summed E-state index contributed by atoms with van der Waals surface area (Å²) in [6.45, 7) is 1.11. The van der Waals surface area contributed by atoms with Gasteiger partial charge in [-0.3, -0.25) is 9.78 Å². The van der Waals surface area contributed by atoms with E-state index in [2.05, 4.69) is 19.9 Å². The maximum Gasteiger partial charge on any atom is 0.255 e. The molecule has 1 amide bonds. The van der Waals surface area contributed by atoms with Crippen molar-refractivity contribution >= 4 is 28.3 Å². The highest BCUT2D eigenvalue weighted by atomic mass is 16.2. The number of carbonyl (C=O) groups is 1. The number of nitrogen functional groups attached to an aromatic ring is 1. The number of benzene rings is 1. The molecule has 0 aliphatic carbocycles. The molecule has 8 heteroatoms. The van der Waals surface area contributed by atoms with E-state index in [0.29, 0.717) is 42.4 Å². The van der Waals surface area contributed by atoms with Crippen LogP contribution in [0.15, 0.2) is 61.1 Å². The molecule has 0 bridgehead atoms. The first-order valence-electron chi connectivity index (χ1n) is 9.65. The minimum Gasteiger partial charge on any atom is -0.382 e. The van der Waals surface area contributed by atoms with Crippen LogP contribution >= 0.6 is 0 Å². The van der Waals surface area contributed by atoms with Gasteiger partial charge in [-0.25, -0.2) is 15.0 Å². The predicted molar refractivity (Wildman–Crippen MR) is 121 cm³/mol. The molecule has 0 spiro atoms. The van der Waals surface area contributed by atoms with E-state index < -0.39 is 0 Å². The monoisotopic (exact) mass is 403 g/mol. The predicted octanol–water partition coefficient (Wildman–Crippen LogP) is 3.66. The lowest BCUT2D eigenvalue weighted by Crippen LogP contribution is -2.34. The number of hydrogen-bond donors (Lipinski definition) is 2. The second kappa shape index (κ2) is 7.40. The molecule has 1 aromatic carbocycles. The summed E-state index contributed by atoms with van der Waals surface area (Å²) in [4.78, 5) is 35.3. The van der Waals surface area contributed by atoms with Gasteiger partial charge in [0.05, 0.1) is 28.5 Å².